The van der Waals surface area contributed by atoms with Crippen LogP contribution in [-0.4, -0.2) is 34.5 Å². The highest BCUT2D eigenvalue weighted by atomic mass is 32.2. The summed E-state index contributed by atoms with van der Waals surface area (Å²) >= 11 is 0. The van der Waals surface area contributed by atoms with Crippen molar-refractivity contribution in [1.82, 2.24) is 4.72 Å². The van der Waals surface area contributed by atoms with Gasteiger partial charge in [0.15, 0.2) is 0 Å². The highest BCUT2D eigenvalue weighted by Crippen LogP contribution is 2.12. The molecule has 6 nitrogen and oxygen atoms in total. The van der Waals surface area contributed by atoms with E-state index in [2.05, 4.69) is 4.72 Å². The predicted molar refractivity (Wildman–Crippen MR) is 89.9 cm³/mol. The number of nitrogens with zero attached hydrogens (tertiary/aromatic N) is 1. The average Bonchev–Trinajstić information content (AvgIpc) is 2.55. The molecule has 0 atom stereocenters. The minimum Gasteiger partial charge on any atom is -0.373 e. The molecular formula is C16H19N3O3S. The van der Waals surface area contributed by atoms with Crippen LogP contribution < -0.4 is 15.4 Å². The smallest absolute Gasteiger partial charge is 0.248 e. The summed E-state index contributed by atoms with van der Waals surface area (Å²) in [6.07, 6.45) is 0. The molecule has 0 spiro atoms. The summed E-state index contributed by atoms with van der Waals surface area (Å²) in [7, 11) is -1.72. The minimum atomic E-state index is -3.61. The summed E-state index contributed by atoms with van der Waals surface area (Å²) in [5, 5.41) is 0. The Morgan fingerprint density at radius 1 is 1.09 bits per heavy atom. The lowest BCUT2D eigenvalue weighted by Gasteiger charge is -2.19. The number of nitrogens with one attached hydrogen (secondary N) is 1. The largest absolute Gasteiger partial charge is 0.373 e. The van der Waals surface area contributed by atoms with E-state index in [9.17, 15) is 13.2 Å². The minimum absolute atomic E-state index is 0.102. The molecule has 0 aliphatic heterocycles. The van der Waals surface area contributed by atoms with Crippen molar-refractivity contribution in [2.24, 2.45) is 5.73 Å². The van der Waals surface area contributed by atoms with Crippen LogP contribution in [0, 0.1) is 0 Å². The number of carbonyl (C=O) groups excluding carboxylic acids is 1. The summed E-state index contributed by atoms with van der Waals surface area (Å²) in [5.74, 6) is -0.591. The van der Waals surface area contributed by atoms with E-state index in [1.807, 2.05) is 42.3 Å². The maximum absolute atomic E-state index is 12.2. The summed E-state index contributed by atoms with van der Waals surface area (Å²) in [4.78, 5) is 13.1. The van der Waals surface area contributed by atoms with Gasteiger partial charge in [-0.3, -0.25) is 4.79 Å². The molecule has 0 aromatic heterocycles. The Hall–Kier alpha value is -2.38. The third kappa shape index (κ3) is 4.54. The first-order valence-corrected chi connectivity index (χ1v) is 8.54. The van der Waals surface area contributed by atoms with Crippen molar-refractivity contribution >= 4 is 21.6 Å². The van der Waals surface area contributed by atoms with Gasteiger partial charge in [-0.25, -0.2) is 13.1 Å². The fourth-order valence-corrected chi connectivity index (χ4v) is 3.06. The number of anilines is 1. The van der Waals surface area contributed by atoms with Crippen molar-refractivity contribution in [1.29, 1.82) is 0 Å². The first-order chi connectivity index (χ1) is 10.9. The number of hydrogen-bond acceptors (Lipinski definition) is 4. The highest BCUT2D eigenvalue weighted by Gasteiger charge is 2.14. The lowest BCUT2D eigenvalue weighted by molar-refractivity contribution is 0.1000. The Morgan fingerprint density at radius 2 is 1.70 bits per heavy atom. The highest BCUT2D eigenvalue weighted by molar-refractivity contribution is 7.89. The zero-order valence-electron chi connectivity index (χ0n) is 12.8. The Bertz CT molecular complexity index is 759. The molecule has 2 rings (SSSR count). The molecule has 0 heterocycles. The van der Waals surface area contributed by atoms with Gasteiger partial charge in [0.1, 0.15) is 0 Å². The van der Waals surface area contributed by atoms with Crippen LogP contribution >= 0.6 is 0 Å². The lowest BCUT2D eigenvalue weighted by atomic mass is 10.2. The van der Waals surface area contributed by atoms with Gasteiger partial charge in [-0.2, -0.15) is 0 Å². The van der Waals surface area contributed by atoms with Crippen LogP contribution in [0.15, 0.2) is 59.5 Å². The van der Waals surface area contributed by atoms with E-state index in [0.717, 1.165) is 5.69 Å². The molecule has 0 saturated heterocycles. The van der Waals surface area contributed by atoms with Crippen molar-refractivity contribution in [3.63, 3.8) is 0 Å². The summed E-state index contributed by atoms with van der Waals surface area (Å²) in [6.45, 7) is 0.800. The SMILES string of the molecule is CN(CCNS(=O)(=O)c1ccc(C(N)=O)cc1)c1ccccc1. The molecule has 2 aromatic carbocycles. The van der Waals surface area contributed by atoms with Gasteiger partial charge in [0.25, 0.3) is 0 Å². The number of hydrogen-bond donors (Lipinski definition) is 2. The fourth-order valence-electron chi connectivity index (χ4n) is 2.04. The molecule has 0 unspecified atom stereocenters. The van der Waals surface area contributed by atoms with Gasteiger partial charge in [-0.1, -0.05) is 18.2 Å². The number of likely N-dealkylation sites (N-methyl/N-ethyl adjacent to an activating group) is 1. The molecule has 0 aliphatic rings. The molecule has 1 amide bonds. The average molecular weight is 333 g/mol. The molecule has 0 radical (unpaired) electrons. The second-order valence-corrected chi connectivity index (χ2v) is 6.81. The van der Waals surface area contributed by atoms with E-state index in [1.165, 1.54) is 24.3 Å². The first kappa shape index (κ1) is 17.0. The first-order valence-electron chi connectivity index (χ1n) is 7.06. The van der Waals surface area contributed by atoms with E-state index in [-0.39, 0.29) is 17.0 Å². The van der Waals surface area contributed by atoms with Crippen LogP contribution in [0.3, 0.4) is 0 Å². The quantitative estimate of drug-likeness (QED) is 0.796. The molecule has 7 heteroatoms. The van der Waals surface area contributed by atoms with Crippen molar-refractivity contribution < 1.29 is 13.2 Å². The van der Waals surface area contributed by atoms with E-state index in [0.29, 0.717) is 6.54 Å². The third-order valence-corrected chi connectivity index (χ3v) is 4.86. The zero-order valence-corrected chi connectivity index (χ0v) is 13.6. The molecule has 23 heavy (non-hydrogen) atoms. The number of benzene rings is 2. The van der Waals surface area contributed by atoms with Gasteiger partial charge in [0, 0.05) is 31.4 Å². The number of carbonyl (C=O) groups is 1. The van der Waals surface area contributed by atoms with Crippen LogP contribution in [0.5, 0.6) is 0 Å². The molecule has 3 N–H and O–H groups in total. The van der Waals surface area contributed by atoms with Crippen LogP contribution in [0.2, 0.25) is 0 Å². The van der Waals surface area contributed by atoms with Crippen LogP contribution in [0.25, 0.3) is 0 Å². The van der Waals surface area contributed by atoms with E-state index in [1.54, 1.807) is 0 Å². The van der Waals surface area contributed by atoms with Gasteiger partial charge in [-0.05, 0) is 36.4 Å². The maximum Gasteiger partial charge on any atom is 0.248 e. The van der Waals surface area contributed by atoms with Crippen molar-refractivity contribution in [3.8, 4) is 0 Å². The second kappa shape index (κ2) is 7.26. The van der Waals surface area contributed by atoms with Gasteiger partial charge in [0.2, 0.25) is 15.9 Å². The number of amides is 1. The fraction of sp³-hybridized carbons (Fsp3) is 0.188. The summed E-state index contributed by atoms with van der Waals surface area (Å²) < 4.78 is 26.9. The molecule has 0 aliphatic carbocycles. The van der Waals surface area contributed by atoms with Crippen LogP contribution in [0.4, 0.5) is 5.69 Å². The Morgan fingerprint density at radius 3 is 2.26 bits per heavy atom. The van der Waals surface area contributed by atoms with Gasteiger partial charge >= 0.3 is 0 Å². The molecule has 2 aromatic rings. The van der Waals surface area contributed by atoms with Gasteiger partial charge < -0.3 is 10.6 Å². The predicted octanol–water partition coefficient (Wildman–Crippen LogP) is 1.20. The molecule has 0 fully saturated rings. The number of primary amides is 1. The zero-order chi connectivity index (χ0) is 16.9. The Labute approximate surface area is 136 Å². The monoisotopic (exact) mass is 333 g/mol. The number of nitrogens with two attached hydrogens (primary N) is 1. The van der Waals surface area contributed by atoms with Crippen molar-refractivity contribution in [2.75, 3.05) is 25.0 Å². The summed E-state index contributed by atoms with van der Waals surface area (Å²) in [5.41, 5.74) is 6.41. The number of rotatable bonds is 7. The number of sulfonamides is 1. The molecule has 122 valence electrons. The van der Waals surface area contributed by atoms with Crippen LogP contribution in [0.1, 0.15) is 10.4 Å². The van der Waals surface area contributed by atoms with Crippen LogP contribution in [-0.2, 0) is 10.0 Å². The van der Waals surface area contributed by atoms with Gasteiger partial charge in [0.05, 0.1) is 4.90 Å². The lowest BCUT2D eigenvalue weighted by Crippen LogP contribution is -2.33. The number of para-hydroxylation sites is 1. The molecular weight excluding hydrogens is 314 g/mol. The topological polar surface area (TPSA) is 92.5 Å². The molecule has 0 bridgehead atoms. The molecule has 0 saturated carbocycles. The van der Waals surface area contributed by atoms with E-state index in [4.69, 9.17) is 5.73 Å². The Balaban J connectivity index is 1.95. The summed E-state index contributed by atoms with van der Waals surface area (Å²) in [6, 6.07) is 15.2. The van der Waals surface area contributed by atoms with Crippen molar-refractivity contribution in [3.05, 3.63) is 60.2 Å². The van der Waals surface area contributed by atoms with E-state index < -0.39 is 15.9 Å². The third-order valence-electron chi connectivity index (χ3n) is 3.39. The normalized spacial score (nSPS) is 11.2. The van der Waals surface area contributed by atoms with E-state index >= 15 is 0 Å². The Kier molecular flexibility index (Phi) is 5.36. The van der Waals surface area contributed by atoms with Gasteiger partial charge in [-0.15, -0.1) is 0 Å². The second-order valence-electron chi connectivity index (χ2n) is 5.04. The van der Waals surface area contributed by atoms with Crippen molar-refractivity contribution in [2.45, 2.75) is 4.90 Å². The standard InChI is InChI=1S/C16H19N3O3S/c1-19(14-5-3-2-4-6-14)12-11-18-23(21,22)15-9-7-13(8-10-15)16(17)20/h2-10,18H,11-12H2,1H3,(H2,17,20). The maximum atomic E-state index is 12.2.